The molecule has 0 saturated heterocycles. The molecule has 10 heteroatoms. The molecule has 1 N–H and O–H groups in total. The van der Waals surface area contributed by atoms with Gasteiger partial charge < -0.3 is 14.8 Å². The van der Waals surface area contributed by atoms with E-state index in [9.17, 15) is 19.2 Å². The lowest BCUT2D eigenvalue weighted by molar-refractivity contribution is -0.147. The van der Waals surface area contributed by atoms with Crippen LogP contribution in [0.15, 0.2) is 24.3 Å². The van der Waals surface area contributed by atoms with Crippen LogP contribution < -0.4 is 5.32 Å². The van der Waals surface area contributed by atoms with Crippen LogP contribution in [0.3, 0.4) is 0 Å². The standard InChI is InChI=1S/C22H22N2O6S2/c1-4-29-22(28)19-12(2)20(13(3)25)32-21(19)24-16(26)11-30-18(27)10-9-17-23-14-7-5-6-8-15(14)31-17/h5-8H,4,9-11H2,1-3H3,(H,24,26). The number of esters is 2. The van der Waals surface area contributed by atoms with Crippen LogP contribution in [0.25, 0.3) is 10.2 Å². The van der Waals surface area contributed by atoms with Gasteiger partial charge in [0.25, 0.3) is 5.91 Å². The fourth-order valence-corrected chi connectivity index (χ4v) is 5.08. The monoisotopic (exact) mass is 474 g/mol. The Morgan fingerprint density at radius 2 is 1.84 bits per heavy atom. The first-order chi connectivity index (χ1) is 15.3. The van der Waals surface area contributed by atoms with Crippen LogP contribution >= 0.6 is 22.7 Å². The highest BCUT2D eigenvalue weighted by Gasteiger charge is 2.25. The van der Waals surface area contributed by atoms with Gasteiger partial charge >= 0.3 is 11.9 Å². The summed E-state index contributed by atoms with van der Waals surface area (Å²) >= 11 is 2.50. The third-order valence-corrected chi connectivity index (χ3v) is 6.85. The quantitative estimate of drug-likeness (QED) is 0.366. The first-order valence-corrected chi connectivity index (χ1v) is 11.5. The minimum atomic E-state index is -0.628. The van der Waals surface area contributed by atoms with Gasteiger partial charge in [-0.1, -0.05) is 12.1 Å². The van der Waals surface area contributed by atoms with Gasteiger partial charge in [-0.2, -0.15) is 0 Å². The average molecular weight is 475 g/mol. The number of ether oxygens (including phenoxy) is 2. The summed E-state index contributed by atoms with van der Waals surface area (Å²) in [7, 11) is 0. The van der Waals surface area contributed by atoms with E-state index in [1.165, 1.54) is 18.3 Å². The van der Waals surface area contributed by atoms with E-state index < -0.39 is 24.5 Å². The number of nitrogens with zero attached hydrogens (tertiary/aromatic N) is 1. The lowest BCUT2D eigenvalue weighted by Crippen LogP contribution is -2.22. The van der Waals surface area contributed by atoms with E-state index in [4.69, 9.17) is 9.47 Å². The Hall–Kier alpha value is -3.11. The smallest absolute Gasteiger partial charge is 0.341 e. The Labute approximate surface area is 192 Å². The second-order valence-corrected chi connectivity index (χ2v) is 8.96. The van der Waals surface area contributed by atoms with E-state index >= 15 is 0 Å². The van der Waals surface area contributed by atoms with E-state index in [1.807, 2.05) is 24.3 Å². The largest absolute Gasteiger partial charge is 0.462 e. The van der Waals surface area contributed by atoms with Gasteiger partial charge in [-0.25, -0.2) is 9.78 Å². The minimum absolute atomic E-state index is 0.0910. The molecule has 2 aromatic heterocycles. The molecule has 0 aliphatic carbocycles. The summed E-state index contributed by atoms with van der Waals surface area (Å²) in [4.78, 5) is 53.3. The zero-order valence-corrected chi connectivity index (χ0v) is 19.5. The number of benzene rings is 1. The number of aromatic nitrogens is 1. The van der Waals surface area contributed by atoms with Crippen LogP contribution in [0.1, 0.15) is 50.9 Å². The molecular weight excluding hydrogens is 452 g/mol. The third kappa shape index (κ3) is 5.57. The second kappa shape index (κ2) is 10.5. The molecule has 32 heavy (non-hydrogen) atoms. The number of thiazole rings is 1. The number of ketones is 1. The summed E-state index contributed by atoms with van der Waals surface area (Å²) in [6, 6.07) is 7.71. The van der Waals surface area contributed by atoms with Crippen LogP contribution in [-0.4, -0.2) is 41.8 Å². The van der Waals surface area contributed by atoms with Gasteiger partial charge in [-0.15, -0.1) is 22.7 Å². The highest BCUT2D eigenvalue weighted by molar-refractivity contribution is 7.19. The predicted octanol–water partition coefficient (Wildman–Crippen LogP) is 4.16. The van der Waals surface area contributed by atoms with E-state index in [0.29, 0.717) is 16.9 Å². The number of para-hydroxylation sites is 1. The Morgan fingerprint density at radius 3 is 2.53 bits per heavy atom. The van der Waals surface area contributed by atoms with Gasteiger partial charge in [-0.3, -0.25) is 14.4 Å². The number of hydrogen-bond donors (Lipinski definition) is 1. The number of nitrogens with one attached hydrogen (secondary N) is 1. The number of aryl methyl sites for hydroxylation is 1. The van der Waals surface area contributed by atoms with E-state index in [2.05, 4.69) is 10.3 Å². The van der Waals surface area contributed by atoms with Gasteiger partial charge in [0.2, 0.25) is 0 Å². The molecule has 8 nitrogen and oxygen atoms in total. The maximum Gasteiger partial charge on any atom is 0.341 e. The Bertz CT molecular complexity index is 1150. The molecular formula is C22H22N2O6S2. The fraction of sp³-hybridized carbons (Fsp3) is 0.318. The van der Waals surface area contributed by atoms with Crippen LogP contribution in [0, 0.1) is 6.92 Å². The number of anilines is 1. The Morgan fingerprint density at radius 1 is 1.09 bits per heavy atom. The SMILES string of the molecule is CCOC(=O)c1c(NC(=O)COC(=O)CCc2nc3ccccc3s2)sc(C(C)=O)c1C. The number of amides is 1. The number of fused-ring (bicyclic) bond motifs is 1. The van der Waals surface area contributed by atoms with Gasteiger partial charge in [0.05, 0.1) is 38.7 Å². The topological polar surface area (TPSA) is 112 Å². The van der Waals surface area contributed by atoms with Crippen molar-refractivity contribution in [1.82, 2.24) is 4.98 Å². The average Bonchev–Trinajstić information content (AvgIpc) is 3.31. The fourth-order valence-electron chi connectivity index (χ4n) is 3.00. The molecule has 3 rings (SSSR count). The first kappa shape index (κ1) is 23.6. The molecule has 1 aromatic carbocycles. The van der Waals surface area contributed by atoms with E-state index in [0.717, 1.165) is 26.6 Å². The zero-order valence-electron chi connectivity index (χ0n) is 17.9. The number of rotatable bonds is 9. The molecule has 0 aliphatic rings. The predicted molar refractivity (Wildman–Crippen MR) is 123 cm³/mol. The van der Waals surface area contributed by atoms with Crippen molar-refractivity contribution in [3.8, 4) is 0 Å². The highest BCUT2D eigenvalue weighted by atomic mass is 32.1. The zero-order chi connectivity index (χ0) is 23.3. The summed E-state index contributed by atoms with van der Waals surface area (Å²) in [5.41, 5.74) is 1.47. The Kier molecular flexibility index (Phi) is 7.70. The molecule has 0 spiro atoms. The van der Waals surface area contributed by atoms with Gasteiger partial charge in [0, 0.05) is 6.42 Å². The van der Waals surface area contributed by atoms with Crippen molar-refractivity contribution in [3.05, 3.63) is 45.3 Å². The number of carbonyl (C=O) groups excluding carboxylic acids is 4. The van der Waals surface area contributed by atoms with Crippen LogP contribution in [0.5, 0.6) is 0 Å². The van der Waals surface area contributed by atoms with E-state index in [-0.39, 0.29) is 29.4 Å². The molecule has 0 radical (unpaired) electrons. The van der Waals surface area contributed by atoms with Crippen LogP contribution in [0.4, 0.5) is 5.00 Å². The van der Waals surface area contributed by atoms with E-state index in [1.54, 1.807) is 13.8 Å². The number of hydrogen-bond acceptors (Lipinski definition) is 9. The van der Waals surface area contributed by atoms with Crippen molar-refractivity contribution in [2.75, 3.05) is 18.5 Å². The van der Waals surface area contributed by atoms with Crippen molar-refractivity contribution >= 4 is 61.5 Å². The van der Waals surface area contributed by atoms with Crippen LogP contribution in [-0.2, 0) is 25.5 Å². The highest BCUT2D eigenvalue weighted by Crippen LogP contribution is 2.34. The van der Waals surface area contributed by atoms with Crippen molar-refractivity contribution in [1.29, 1.82) is 0 Å². The molecule has 0 bridgehead atoms. The summed E-state index contributed by atoms with van der Waals surface area (Å²) in [5, 5.41) is 3.56. The molecule has 1 amide bonds. The van der Waals surface area contributed by atoms with Gasteiger partial charge in [0.15, 0.2) is 12.4 Å². The summed E-state index contributed by atoms with van der Waals surface area (Å²) in [6.45, 7) is 4.32. The molecule has 168 valence electrons. The van der Waals surface area contributed by atoms with Crippen LogP contribution in [0.2, 0.25) is 0 Å². The number of carbonyl (C=O) groups is 4. The minimum Gasteiger partial charge on any atom is -0.462 e. The van der Waals surface area contributed by atoms with Crippen molar-refractivity contribution in [2.45, 2.75) is 33.6 Å². The molecule has 0 fully saturated rings. The van der Waals surface area contributed by atoms with Gasteiger partial charge in [-0.05, 0) is 38.5 Å². The first-order valence-electron chi connectivity index (χ1n) is 9.91. The second-order valence-electron chi connectivity index (χ2n) is 6.82. The molecule has 2 heterocycles. The molecule has 0 aliphatic heterocycles. The van der Waals surface area contributed by atoms with Gasteiger partial charge in [0.1, 0.15) is 5.00 Å². The molecule has 3 aromatic rings. The third-order valence-electron chi connectivity index (χ3n) is 4.44. The summed E-state index contributed by atoms with van der Waals surface area (Å²) in [6.07, 6.45) is 0.507. The number of thiophene rings is 1. The maximum atomic E-state index is 12.3. The lowest BCUT2D eigenvalue weighted by Gasteiger charge is -2.07. The number of Topliss-reactive ketones (excluding diaryl/α,β-unsaturated/α-hetero) is 1. The molecule has 0 unspecified atom stereocenters. The molecule has 0 atom stereocenters. The van der Waals surface area contributed by atoms with Crippen molar-refractivity contribution in [3.63, 3.8) is 0 Å². The maximum absolute atomic E-state index is 12.3. The Balaban J connectivity index is 1.56. The van der Waals surface area contributed by atoms with Crippen molar-refractivity contribution in [2.24, 2.45) is 0 Å². The lowest BCUT2D eigenvalue weighted by atomic mass is 10.1. The summed E-state index contributed by atoms with van der Waals surface area (Å²) < 4.78 is 11.1. The summed E-state index contributed by atoms with van der Waals surface area (Å²) in [5.74, 6) is -1.99. The molecule has 0 saturated carbocycles. The van der Waals surface area contributed by atoms with Crippen molar-refractivity contribution < 1.29 is 28.7 Å². The normalized spacial score (nSPS) is 10.7.